The highest BCUT2D eigenvalue weighted by molar-refractivity contribution is 5.46. The molecule has 0 aromatic carbocycles. The number of morpholine rings is 1. The van der Waals surface area contributed by atoms with Crippen LogP contribution >= 0.6 is 0 Å². The predicted octanol–water partition coefficient (Wildman–Crippen LogP) is 1.38. The zero-order chi connectivity index (χ0) is 18.5. The molecule has 0 amide bonds. The molecule has 0 radical (unpaired) electrons. The van der Waals surface area contributed by atoms with Gasteiger partial charge in [0.25, 0.3) is 0 Å². The minimum absolute atomic E-state index is 0.771. The topological polar surface area (TPSA) is 57.6 Å². The Labute approximate surface area is 161 Å². The molecule has 2 aliphatic heterocycles. The van der Waals surface area contributed by atoms with Crippen molar-refractivity contribution in [3.63, 3.8) is 0 Å². The number of aryl methyl sites for hydroxylation is 1. The predicted molar refractivity (Wildman–Crippen MR) is 106 cm³/mol. The van der Waals surface area contributed by atoms with E-state index in [2.05, 4.69) is 44.8 Å². The van der Waals surface area contributed by atoms with Gasteiger partial charge >= 0.3 is 0 Å². The highest BCUT2D eigenvalue weighted by Crippen LogP contribution is 2.19. The summed E-state index contributed by atoms with van der Waals surface area (Å²) < 4.78 is 5.46. The highest BCUT2D eigenvalue weighted by atomic mass is 16.5. The van der Waals surface area contributed by atoms with Gasteiger partial charge in [-0.1, -0.05) is 6.07 Å². The fourth-order valence-corrected chi connectivity index (χ4v) is 3.62. The van der Waals surface area contributed by atoms with Crippen molar-refractivity contribution in [1.82, 2.24) is 19.9 Å². The zero-order valence-corrected chi connectivity index (χ0v) is 16.0. The molecule has 7 heteroatoms. The molecular weight excluding hydrogens is 340 g/mol. The molecule has 27 heavy (non-hydrogen) atoms. The summed E-state index contributed by atoms with van der Waals surface area (Å²) in [4.78, 5) is 21.1. The van der Waals surface area contributed by atoms with Crippen molar-refractivity contribution in [1.29, 1.82) is 0 Å². The lowest BCUT2D eigenvalue weighted by Gasteiger charge is -2.35. The third kappa shape index (κ3) is 4.73. The molecule has 0 spiro atoms. The van der Waals surface area contributed by atoms with Crippen molar-refractivity contribution in [3.8, 4) is 0 Å². The molecule has 4 rings (SSSR count). The number of piperazine rings is 1. The number of anilines is 2. The smallest absolute Gasteiger partial charge is 0.227 e. The molecule has 2 aromatic rings. The number of ether oxygens (including phenoxy) is 1. The molecule has 0 bridgehead atoms. The number of rotatable bonds is 5. The van der Waals surface area contributed by atoms with Crippen LogP contribution in [0.2, 0.25) is 0 Å². The molecule has 4 heterocycles. The fourth-order valence-electron chi connectivity index (χ4n) is 3.62. The van der Waals surface area contributed by atoms with Crippen LogP contribution in [0.5, 0.6) is 0 Å². The number of pyridine rings is 1. The first-order valence-corrected chi connectivity index (χ1v) is 9.83. The summed E-state index contributed by atoms with van der Waals surface area (Å²) >= 11 is 0. The molecule has 144 valence electrons. The maximum absolute atomic E-state index is 5.46. The van der Waals surface area contributed by atoms with E-state index < -0.39 is 0 Å². The Morgan fingerprint density at radius 3 is 2.52 bits per heavy atom. The maximum atomic E-state index is 5.46. The Morgan fingerprint density at radius 1 is 0.963 bits per heavy atom. The maximum Gasteiger partial charge on any atom is 0.227 e. The summed E-state index contributed by atoms with van der Waals surface area (Å²) in [6.45, 7) is 10.5. The lowest BCUT2D eigenvalue weighted by atomic mass is 10.2. The van der Waals surface area contributed by atoms with Crippen LogP contribution in [0.4, 0.5) is 11.8 Å². The monoisotopic (exact) mass is 368 g/mol. The van der Waals surface area contributed by atoms with Gasteiger partial charge in [-0.25, -0.2) is 4.98 Å². The van der Waals surface area contributed by atoms with Gasteiger partial charge in [-0.05, 0) is 19.1 Å². The second-order valence-electron chi connectivity index (χ2n) is 7.17. The van der Waals surface area contributed by atoms with Crippen LogP contribution in [0.1, 0.15) is 11.4 Å². The molecule has 2 fully saturated rings. The molecule has 2 aliphatic rings. The van der Waals surface area contributed by atoms with Crippen molar-refractivity contribution in [2.24, 2.45) is 0 Å². The van der Waals surface area contributed by atoms with E-state index in [4.69, 9.17) is 14.7 Å². The SMILES string of the molecule is Cc1cc(N2CCOCC2)nc(N2CCN(CCc3ccccn3)CC2)n1. The van der Waals surface area contributed by atoms with Gasteiger partial charge in [0, 0.05) is 75.9 Å². The summed E-state index contributed by atoms with van der Waals surface area (Å²) in [7, 11) is 0. The van der Waals surface area contributed by atoms with E-state index in [0.717, 1.165) is 88.6 Å². The van der Waals surface area contributed by atoms with Crippen LogP contribution < -0.4 is 9.80 Å². The third-order valence-electron chi connectivity index (χ3n) is 5.23. The van der Waals surface area contributed by atoms with Crippen LogP contribution in [0.3, 0.4) is 0 Å². The zero-order valence-electron chi connectivity index (χ0n) is 16.0. The van der Waals surface area contributed by atoms with E-state index in [1.165, 1.54) is 0 Å². The molecule has 2 aromatic heterocycles. The Hall–Kier alpha value is -2.25. The number of nitrogens with zero attached hydrogens (tertiary/aromatic N) is 6. The van der Waals surface area contributed by atoms with Gasteiger partial charge in [0.05, 0.1) is 13.2 Å². The first kappa shape index (κ1) is 18.1. The molecule has 2 saturated heterocycles. The Kier molecular flexibility index (Phi) is 5.79. The quantitative estimate of drug-likeness (QED) is 0.790. The number of hydrogen-bond acceptors (Lipinski definition) is 7. The summed E-state index contributed by atoms with van der Waals surface area (Å²) in [5.74, 6) is 1.89. The van der Waals surface area contributed by atoms with E-state index in [-0.39, 0.29) is 0 Å². The van der Waals surface area contributed by atoms with Crippen LogP contribution in [0, 0.1) is 6.92 Å². The average molecular weight is 368 g/mol. The van der Waals surface area contributed by atoms with Gasteiger partial charge in [-0.2, -0.15) is 4.98 Å². The molecule has 0 aliphatic carbocycles. The standard InChI is InChI=1S/C20H28N6O/c1-17-16-19(25-12-14-27-15-13-25)23-20(22-17)26-10-8-24(9-11-26)7-5-18-4-2-3-6-21-18/h2-4,6,16H,5,7-15H2,1H3. The summed E-state index contributed by atoms with van der Waals surface area (Å²) in [6, 6.07) is 8.21. The van der Waals surface area contributed by atoms with Crippen molar-refractivity contribution in [2.45, 2.75) is 13.3 Å². The lowest BCUT2D eigenvalue weighted by molar-refractivity contribution is 0.122. The molecule has 0 atom stereocenters. The second kappa shape index (κ2) is 8.63. The van der Waals surface area contributed by atoms with Crippen LogP contribution in [0.15, 0.2) is 30.5 Å². The molecule has 0 N–H and O–H groups in total. The minimum Gasteiger partial charge on any atom is -0.378 e. The molecular formula is C20H28N6O. The van der Waals surface area contributed by atoms with Gasteiger partial charge in [0.15, 0.2) is 0 Å². The van der Waals surface area contributed by atoms with Gasteiger partial charge < -0.3 is 14.5 Å². The van der Waals surface area contributed by atoms with Crippen molar-refractivity contribution >= 4 is 11.8 Å². The normalized spacial score (nSPS) is 18.7. The number of hydrogen-bond donors (Lipinski definition) is 0. The van der Waals surface area contributed by atoms with Gasteiger partial charge in [0.1, 0.15) is 5.82 Å². The lowest BCUT2D eigenvalue weighted by Crippen LogP contribution is -2.47. The molecule has 0 saturated carbocycles. The van der Waals surface area contributed by atoms with E-state index in [9.17, 15) is 0 Å². The first-order valence-electron chi connectivity index (χ1n) is 9.83. The van der Waals surface area contributed by atoms with E-state index in [1.807, 2.05) is 12.3 Å². The average Bonchev–Trinajstić information content (AvgIpc) is 2.73. The summed E-state index contributed by atoms with van der Waals surface area (Å²) in [5.41, 5.74) is 2.19. The first-order chi connectivity index (χ1) is 13.3. The minimum atomic E-state index is 0.771. The second-order valence-corrected chi connectivity index (χ2v) is 7.17. The Balaban J connectivity index is 1.34. The van der Waals surface area contributed by atoms with Crippen molar-refractivity contribution < 1.29 is 4.74 Å². The summed E-state index contributed by atoms with van der Waals surface area (Å²) in [5, 5.41) is 0. The van der Waals surface area contributed by atoms with Crippen LogP contribution in [-0.4, -0.2) is 78.9 Å². The summed E-state index contributed by atoms with van der Waals surface area (Å²) in [6.07, 6.45) is 2.87. The van der Waals surface area contributed by atoms with E-state index in [1.54, 1.807) is 0 Å². The Morgan fingerprint density at radius 2 is 1.78 bits per heavy atom. The van der Waals surface area contributed by atoms with E-state index >= 15 is 0 Å². The van der Waals surface area contributed by atoms with Crippen LogP contribution in [-0.2, 0) is 11.2 Å². The van der Waals surface area contributed by atoms with Gasteiger partial charge in [-0.3, -0.25) is 9.88 Å². The molecule has 7 nitrogen and oxygen atoms in total. The third-order valence-corrected chi connectivity index (χ3v) is 5.23. The largest absolute Gasteiger partial charge is 0.378 e. The Bertz CT molecular complexity index is 727. The van der Waals surface area contributed by atoms with Crippen molar-refractivity contribution in [2.75, 3.05) is 68.8 Å². The van der Waals surface area contributed by atoms with Gasteiger partial charge in [-0.15, -0.1) is 0 Å². The fraction of sp³-hybridized carbons (Fsp3) is 0.550. The number of aromatic nitrogens is 3. The van der Waals surface area contributed by atoms with Crippen LogP contribution in [0.25, 0.3) is 0 Å². The highest BCUT2D eigenvalue weighted by Gasteiger charge is 2.21. The van der Waals surface area contributed by atoms with Gasteiger partial charge in [0.2, 0.25) is 5.95 Å². The van der Waals surface area contributed by atoms with E-state index in [0.29, 0.717) is 0 Å². The molecule has 0 unspecified atom stereocenters. The van der Waals surface area contributed by atoms with Crippen molar-refractivity contribution in [3.05, 3.63) is 41.9 Å².